The van der Waals surface area contributed by atoms with Crippen molar-refractivity contribution in [3.05, 3.63) is 52.5 Å². The normalized spacial score (nSPS) is 10.7. The molecule has 0 fully saturated rings. The second-order valence-corrected chi connectivity index (χ2v) is 3.57. The lowest BCUT2D eigenvalue weighted by molar-refractivity contribution is -0.114. The molecule has 1 amide bonds. The second-order valence-electron chi connectivity index (χ2n) is 3.57. The summed E-state index contributed by atoms with van der Waals surface area (Å²) in [5, 5.41) is 2.38. The minimum Gasteiger partial charge on any atom is -0.465 e. The quantitative estimate of drug-likeness (QED) is 0.900. The van der Waals surface area contributed by atoms with E-state index in [1.807, 2.05) is 0 Å². The van der Waals surface area contributed by atoms with E-state index >= 15 is 0 Å². The van der Waals surface area contributed by atoms with Gasteiger partial charge in [0.15, 0.2) is 0 Å². The molecular formula is C13H11NO4. The number of furan rings is 1. The molecule has 5 heteroatoms. The van der Waals surface area contributed by atoms with Crippen LogP contribution in [0.4, 0.5) is 5.69 Å². The van der Waals surface area contributed by atoms with Crippen LogP contribution in [0.5, 0.6) is 0 Å². The van der Waals surface area contributed by atoms with Crippen LogP contribution in [0.2, 0.25) is 0 Å². The molecule has 1 N–H and O–H groups in total. The van der Waals surface area contributed by atoms with Crippen LogP contribution in [-0.4, -0.2) is 5.91 Å². The molecule has 0 aromatic carbocycles. The monoisotopic (exact) mass is 245 g/mol. The summed E-state index contributed by atoms with van der Waals surface area (Å²) in [5.74, 6) is 0.718. The van der Waals surface area contributed by atoms with Crippen molar-refractivity contribution >= 4 is 23.7 Å². The van der Waals surface area contributed by atoms with Crippen LogP contribution in [0.25, 0.3) is 12.2 Å². The van der Waals surface area contributed by atoms with Crippen LogP contribution in [0.15, 0.2) is 44.2 Å². The van der Waals surface area contributed by atoms with E-state index in [2.05, 4.69) is 5.32 Å². The number of amides is 1. The first-order valence-electron chi connectivity index (χ1n) is 5.28. The summed E-state index contributed by atoms with van der Waals surface area (Å²) < 4.78 is 10.1. The molecule has 0 spiro atoms. The van der Waals surface area contributed by atoms with Gasteiger partial charge in [-0.3, -0.25) is 4.79 Å². The Balaban J connectivity index is 2.19. The number of nitrogens with one attached hydrogen (secondary N) is 1. The highest BCUT2D eigenvalue weighted by Gasteiger charge is 2.03. The number of anilines is 1. The third kappa shape index (κ3) is 2.98. The zero-order valence-electron chi connectivity index (χ0n) is 9.67. The largest absolute Gasteiger partial charge is 0.465 e. The zero-order chi connectivity index (χ0) is 13.0. The molecule has 0 aliphatic rings. The Morgan fingerprint density at radius 2 is 2.00 bits per heavy atom. The maximum Gasteiger partial charge on any atom is 0.360 e. The summed E-state index contributed by atoms with van der Waals surface area (Å²) in [7, 11) is 0. The molecule has 5 nitrogen and oxygen atoms in total. The van der Waals surface area contributed by atoms with Gasteiger partial charge in [-0.25, -0.2) is 4.79 Å². The highest BCUT2D eigenvalue weighted by atomic mass is 16.4. The Labute approximate surface area is 103 Å². The van der Waals surface area contributed by atoms with Gasteiger partial charge in [-0.1, -0.05) is 0 Å². The van der Waals surface area contributed by atoms with Crippen LogP contribution in [0, 0.1) is 0 Å². The first kappa shape index (κ1) is 11.9. The number of rotatable bonds is 3. The van der Waals surface area contributed by atoms with Crippen molar-refractivity contribution in [2.75, 3.05) is 5.32 Å². The van der Waals surface area contributed by atoms with Crippen molar-refractivity contribution in [3.63, 3.8) is 0 Å². The van der Waals surface area contributed by atoms with Crippen LogP contribution in [0.1, 0.15) is 18.4 Å². The number of hydrogen-bond acceptors (Lipinski definition) is 4. The minimum atomic E-state index is -0.591. The molecule has 2 heterocycles. The van der Waals surface area contributed by atoms with Gasteiger partial charge in [0.05, 0.1) is 6.26 Å². The van der Waals surface area contributed by atoms with Crippen molar-refractivity contribution in [2.45, 2.75) is 6.92 Å². The average Bonchev–Trinajstić information content (AvgIpc) is 2.82. The Hall–Kier alpha value is -2.56. The molecule has 0 bridgehead atoms. The van der Waals surface area contributed by atoms with E-state index in [9.17, 15) is 9.59 Å². The Kier molecular flexibility index (Phi) is 3.43. The molecule has 0 unspecified atom stereocenters. The second kappa shape index (κ2) is 5.18. The maximum atomic E-state index is 11.5. The van der Waals surface area contributed by atoms with Crippen molar-refractivity contribution < 1.29 is 13.6 Å². The lowest BCUT2D eigenvalue weighted by Crippen LogP contribution is -2.14. The standard InChI is InChI=1S/C13H11NO4/c1-9(15)14-12-7-6-11(18-13(12)16)5-4-10-3-2-8-17-10/h2-8H,1H3,(H,14,15)/b5-4+. The summed E-state index contributed by atoms with van der Waals surface area (Å²) in [6, 6.07) is 6.62. The highest BCUT2D eigenvalue weighted by molar-refractivity contribution is 5.88. The van der Waals surface area contributed by atoms with Gasteiger partial charge < -0.3 is 14.2 Å². The lowest BCUT2D eigenvalue weighted by atomic mass is 10.3. The first-order chi connectivity index (χ1) is 8.65. The van der Waals surface area contributed by atoms with Gasteiger partial charge in [-0.15, -0.1) is 0 Å². The predicted molar refractivity (Wildman–Crippen MR) is 66.9 cm³/mol. The SMILES string of the molecule is CC(=O)Nc1ccc(/C=C/c2ccco2)oc1=O. The van der Waals surface area contributed by atoms with Crippen LogP contribution < -0.4 is 10.9 Å². The fourth-order valence-electron chi connectivity index (χ4n) is 1.35. The molecule has 0 saturated heterocycles. The zero-order valence-corrected chi connectivity index (χ0v) is 9.67. The molecule has 2 aromatic rings. The molecule has 0 saturated carbocycles. The average molecular weight is 245 g/mol. The van der Waals surface area contributed by atoms with Gasteiger partial charge in [0.25, 0.3) is 0 Å². The van der Waals surface area contributed by atoms with E-state index in [-0.39, 0.29) is 11.6 Å². The van der Waals surface area contributed by atoms with E-state index in [0.29, 0.717) is 11.5 Å². The van der Waals surface area contributed by atoms with Gasteiger partial charge in [-0.05, 0) is 36.4 Å². The van der Waals surface area contributed by atoms with E-state index in [0.717, 1.165) is 0 Å². The third-order valence-corrected chi connectivity index (χ3v) is 2.11. The van der Waals surface area contributed by atoms with Crippen LogP contribution in [0.3, 0.4) is 0 Å². The molecule has 0 radical (unpaired) electrons. The van der Waals surface area contributed by atoms with E-state index in [1.54, 1.807) is 36.6 Å². The van der Waals surface area contributed by atoms with Gasteiger partial charge in [0, 0.05) is 6.92 Å². The van der Waals surface area contributed by atoms with E-state index < -0.39 is 5.63 Å². The Bertz CT molecular complexity index is 623. The molecule has 0 atom stereocenters. The Morgan fingerprint density at radius 3 is 2.61 bits per heavy atom. The van der Waals surface area contributed by atoms with E-state index in [4.69, 9.17) is 8.83 Å². The molecule has 92 valence electrons. The molecule has 0 aliphatic carbocycles. The minimum absolute atomic E-state index is 0.123. The number of carbonyl (C=O) groups excluding carboxylic acids is 1. The molecule has 18 heavy (non-hydrogen) atoms. The number of hydrogen-bond donors (Lipinski definition) is 1. The fraction of sp³-hybridized carbons (Fsp3) is 0.0769. The highest BCUT2D eigenvalue weighted by Crippen LogP contribution is 2.09. The maximum absolute atomic E-state index is 11.5. The summed E-state index contributed by atoms with van der Waals surface area (Å²) in [5.41, 5.74) is -0.468. The van der Waals surface area contributed by atoms with E-state index in [1.165, 1.54) is 13.0 Å². The predicted octanol–water partition coefficient (Wildman–Crippen LogP) is 2.36. The molecule has 2 rings (SSSR count). The Morgan fingerprint density at radius 1 is 1.22 bits per heavy atom. The van der Waals surface area contributed by atoms with Crippen LogP contribution >= 0.6 is 0 Å². The van der Waals surface area contributed by atoms with Gasteiger partial charge in [0.1, 0.15) is 17.2 Å². The van der Waals surface area contributed by atoms with Crippen LogP contribution in [-0.2, 0) is 4.79 Å². The van der Waals surface area contributed by atoms with Crippen molar-refractivity contribution in [2.24, 2.45) is 0 Å². The lowest BCUT2D eigenvalue weighted by Gasteiger charge is -1.99. The van der Waals surface area contributed by atoms with Crippen molar-refractivity contribution in [1.29, 1.82) is 0 Å². The fourth-order valence-corrected chi connectivity index (χ4v) is 1.35. The summed E-state index contributed by atoms with van der Waals surface area (Å²) >= 11 is 0. The third-order valence-electron chi connectivity index (χ3n) is 2.11. The summed E-state index contributed by atoms with van der Waals surface area (Å²) in [6.45, 7) is 1.32. The summed E-state index contributed by atoms with van der Waals surface area (Å²) in [6.07, 6.45) is 4.84. The first-order valence-corrected chi connectivity index (χ1v) is 5.28. The van der Waals surface area contributed by atoms with Gasteiger partial charge >= 0.3 is 5.63 Å². The molecular weight excluding hydrogens is 234 g/mol. The van der Waals surface area contributed by atoms with Crippen molar-refractivity contribution in [3.8, 4) is 0 Å². The van der Waals surface area contributed by atoms with Gasteiger partial charge in [0.2, 0.25) is 5.91 Å². The molecule has 0 aliphatic heterocycles. The smallest absolute Gasteiger partial charge is 0.360 e. The number of carbonyl (C=O) groups is 1. The van der Waals surface area contributed by atoms with Gasteiger partial charge in [-0.2, -0.15) is 0 Å². The molecule has 2 aromatic heterocycles. The topological polar surface area (TPSA) is 72.5 Å². The summed E-state index contributed by atoms with van der Waals surface area (Å²) in [4.78, 5) is 22.3. The van der Waals surface area contributed by atoms with Crippen molar-refractivity contribution in [1.82, 2.24) is 0 Å².